The first-order valence-corrected chi connectivity index (χ1v) is 6.03. The molecule has 0 saturated carbocycles. The quantitative estimate of drug-likeness (QED) is 0.725. The minimum Gasteiger partial charge on any atom is -0.160 e. The van der Waals surface area contributed by atoms with Gasteiger partial charge in [-0.2, -0.15) is 3.89 Å². The maximum Gasteiger partial charge on any atom is 0.0812 e. The molecular weight excluding hydrogens is 219 g/mol. The maximum absolute atomic E-state index is 12.3. The first-order chi connectivity index (χ1) is 7.83. The van der Waals surface area contributed by atoms with Gasteiger partial charge in [0.05, 0.1) is 12.1 Å². The third-order valence-electron chi connectivity index (χ3n) is 2.64. The highest BCUT2D eigenvalue weighted by Gasteiger charge is 1.98. The number of benzene rings is 2. The molecule has 0 aromatic heterocycles. The van der Waals surface area contributed by atoms with Gasteiger partial charge in [-0.15, -0.1) is 0 Å². The fourth-order valence-corrected chi connectivity index (χ4v) is 1.87. The Balaban J connectivity index is 2.28. The van der Waals surface area contributed by atoms with Crippen molar-refractivity contribution in [3.63, 3.8) is 0 Å². The SMILES string of the molecule is CCc1ccc(-c2ccc(SF)cc2)cc1. The van der Waals surface area contributed by atoms with Crippen LogP contribution in [0.15, 0.2) is 53.4 Å². The highest BCUT2D eigenvalue weighted by molar-refractivity contribution is 7.94. The molecule has 0 heterocycles. The van der Waals surface area contributed by atoms with Gasteiger partial charge in [0.25, 0.3) is 0 Å². The summed E-state index contributed by atoms with van der Waals surface area (Å²) in [5, 5.41) is 0. The van der Waals surface area contributed by atoms with E-state index in [-0.39, 0.29) is 12.1 Å². The summed E-state index contributed by atoms with van der Waals surface area (Å²) < 4.78 is 12.3. The average Bonchev–Trinajstić information content (AvgIpc) is 2.39. The van der Waals surface area contributed by atoms with Gasteiger partial charge < -0.3 is 0 Å². The molecule has 0 fully saturated rings. The normalized spacial score (nSPS) is 10.4. The van der Waals surface area contributed by atoms with Crippen LogP contribution in [-0.4, -0.2) is 0 Å². The minimum absolute atomic E-state index is 0.279. The number of hydrogen-bond donors (Lipinski definition) is 0. The predicted octanol–water partition coefficient (Wildman–Crippen LogP) is 4.89. The summed E-state index contributed by atoms with van der Waals surface area (Å²) in [6, 6.07) is 16.0. The molecule has 2 heteroatoms. The van der Waals surface area contributed by atoms with E-state index in [1.165, 1.54) is 11.1 Å². The van der Waals surface area contributed by atoms with Crippen LogP contribution in [0.4, 0.5) is 3.89 Å². The Hall–Kier alpha value is -1.28. The number of halogens is 1. The maximum atomic E-state index is 12.3. The van der Waals surface area contributed by atoms with Gasteiger partial charge in [0.15, 0.2) is 0 Å². The van der Waals surface area contributed by atoms with Gasteiger partial charge in [0, 0.05) is 4.90 Å². The van der Waals surface area contributed by atoms with Crippen molar-refractivity contribution in [2.75, 3.05) is 0 Å². The lowest BCUT2D eigenvalue weighted by atomic mass is 10.0. The van der Waals surface area contributed by atoms with Crippen molar-refractivity contribution in [2.24, 2.45) is 0 Å². The Morgan fingerprint density at radius 1 is 0.875 bits per heavy atom. The first-order valence-electron chi connectivity index (χ1n) is 5.31. The van der Waals surface area contributed by atoms with Crippen LogP contribution >= 0.6 is 12.1 Å². The summed E-state index contributed by atoms with van der Waals surface area (Å²) in [7, 11) is 0. The summed E-state index contributed by atoms with van der Waals surface area (Å²) in [6.45, 7) is 2.14. The zero-order chi connectivity index (χ0) is 11.4. The van der Waals surface area contributed by atoms with E-state index in [4.69, 9.17) is 0 Å². The van der Waals surface area contributed by atoms with Gasteiger partial charge in [-0.1, -0.05) is 43.3 Å². The molecule has 0 spiro atoms. The molecule has 2 aromatic rings. The Bertz CT molecular complexity index is 400. The largest absolute Gasteiger partial charge is 0.160 e. The molecule has 0 aliphatic heterocycles. The molecule has 0 atom stereocenters. The van der Waals surface area contributed by atoms with Gasteiger partial charge in [-0.3, -0.25) is 0 Å². The Labute approximate surface area is 99.8 Å². The second kappa shape index (κ2) is 5.17. The van der Waals surface area contributed by atoms with E-state index in [1.807, 2.05) is 12.1 Å². The van der Waals surface area contributed by atoms with Crippen molar-refractivity contribution >= 4 is 12.1 Å². The highest BCUT2D eigenvalue weighted by atomic mass is 32.2. The molecule has 16 heavy (non-hydrogen) atoms. The van der Waals surface area contributed by atoms with Crippen molar-refractivity contribution in [1.29, 1.82) is 0 Å². The number of rotatable bonds is 3. The lowest BCUT2D eigenvalue weighted by Crippen LogP contribution is -1.81. The van der Waals surface area contributed by atoms with Crippen LogP contribution in [0.5, 0.6) is 0 Å². The van der Waals surface area contributed by atoms with Crippen molar-refractivity contribution in [1.82, 2.24) is 0 Å². The molecule has 0 N–H and O–H groups in total. The molecule has 0 unspecified atom stereocenters. The van der Waals surface area contributed by atoms with Crippen LogP contribution in [0.1, 0.15) is 12.5 Å². The van der Waals surface area contributed by atoms with E-state index in [2.05, 4.69) is 31.2 Å². The van der Waals surface area contributed by atoms with Crippen molar-refractivity contribution in [2.45, 2.75) is 18.2 Å². The van der Waals surface area contributed by atoms with E-state index in [0.717, 1.165) is 12.0 Å². The second-order valence-electron chi connectivity index (χ2n) is 3.65. The lowest BCUT2D eigenvalue weighted by Gasteiger charge is -2.03. The Kier molecular flexibility index (Phi) is 3.62. The van der Waals surface area contributed by atoms with Crippen molar-refractivity contribution in [3.05, 3.63) is 54.1 Å². The Morgan fingerprint density at radius 3 is 1.81 bits per heavy atom. The van der Waals surface area contributed by atoms with Crippen LogP contribution in [-0.2, 0) is 6.42 Å². The topological polar surface area (TPSA) is 0 Å². The summed E-state index contributed by atoms with van der Waals surface area (Å²) >= 11 is 0.279. The summed E-state index contributed by atoms with van der Waals surface area (Å²) in [5.41, 5.74) is 3.63. The van der Waals surface area contributed by atoms with Crippen molar-refractivity contribution in [3.8, 4) is 11.1 Å². The third kappa shape index (κ3) is 2.45. The van der Waals surface area contributed by atoms with Crippen LogP contribution in [0, 0.1) is 0 Å². The second-order valence-corrected chi connectivity index (χ2v) is 4.28. The Morgan fingerprint density at radius 2 is 1.38 bits per heavy atom. The van der Waals surface area contributed by atoms with Crippen LogP contribution < -0.4 is 0 Å². The van der Waals surface area contributed by atoms with E-state index in [9.17, 15) is 3.89 Å². The molecule has 0 bridgehead atoms. The fourth-order valence-electron chi connectivity index (χ4n) is 1.63. The molecule has 82 valence electrons. The summed E-state index contributed by atoms with van der Waals surface area (Å²) in [5.74, 6) is 0. The molecular formula is C14H13FS. The monoisotopic (exact) mass is 232 g/mol. The van der Waals surface area contributed by atoms with E-state index >= 15 is 0 Å². The lowest BCUT2D eigenvalue weighted by molar-refractivity contribution is 0.934. The van der Waals surface area contributed by atoms with Crippen LogP contribution in [0.2, 0.25) is 0 Å². The van der Waals surface area contributed by atoms with Crippen LogP contribution in [0.25, 0.3) is 11.1 Å². The zero-order valence-electron chi connectivity index (χ0n) is 9.11. The van der Waals surface area contributed by atoms with E-state index in [1.54, 1.807) is 12.1 Å². The van der Waals surface area contributed by atoms with E-state index < -0.39 is 0 Å². The van der Waals surface area contributed by atoms with Gasteiger partial charge in [0.2, 0.25) is 0 Å². The minimum atomic E-state index is 0.279. The molecule has 2 rings (SSSR count). The molecule has 0 radical (unpaired) electrons. The number of hydrogen-bond acceptors (Lipinski definition) is 1. The summed E-state index contributed by atoms with van der Waals surface area (Å²) in [6.07, 6.45) is 1.05. The van der Waals surface area contributed by atoms with Gasteiger partial charge >= 0.3 is 0 Å². The predicted molar refractivity (Wildman–Crippen MR) is 68.2 cm³/mol. The van der Waals surface area contributed by atoms with Gasteiger partial charge in [0.1, 0.15) is 0 Å². The fraction of sp³-hybridized carbons (Fsp3) is 0.143. The zero-order valence-corrected chi connectivity index (χ0v) is 9.93. The standard InChI is InChI=1S/C14H13FS/c1-2-11-3-5-12(6-4-11)13-7-9-14(16-15)10-8-13/h3-10H,2H2,1H3. The summed E-state index contributed by atoms with van der Waals surface area (Å²) in [4.78, 5) is 0.647. The molecule has 2 aromatic carbocycles. The average molecular weight is 232 g/mol. The molecule has 0 aliphatic carbocycles. The highest BCUT2D eigenvalue weighted by Crippen LogP contribution is 2.24. The molecule has 0 amide bonds. The molecule has 0 aliphatic rings. The molecule has 0 nitrogen and oxygen atoms in total. The number of aryl methyl sites for hydroxylation is 1. The molecule has 0 saturated heterocycles. The smallest absolute Gasteiger partial charge is 0.0812 e. The van der Waals surface area contributed by atoms with Gasteiger partial charge in [-0.05, 0) is 35.2 Å². The van der Waals surface area contributed by atoms with Crippen LogP contribution in [0.3, 0.4) is 0 Å². The third-order valence-corrected chi connectivity index (χ3v) is 3.09. The van der Waals surface area contributed by atoms with Gasteiger partial charge in [-0.25, -0.2) is 0 Å². The first kappa shape index (κ1) is 11.2. The van der Waals surface area contributed by atoms with E-state index in [0.29, 0.717) is 4.90 Å². The van der Waals surface area contributed by atoms with Crippen molar-refractivity contribution < 1.29 is 3.89 Å².